The number of sulfone groups is 1. The van der Waals surface area contributed by atoms with Crippen molar-refractivity contribution in [3.8, 4) is 11.5 Å². The Morgan fingerprint density at radius 3 is 2.55 bits per heavy atom. The molecule has 0 aromatic heterocycles. The highest BCUT2D eigenvalue weighted by Crippen LogP contribution is 2.43. The maximum Gasteiger partial charge on any atom is 0.179 e. The molecule has 0 saturated carbocycles. The van der Waals surface area contributed by atoms with Gasteiger partial charge in [-0.25, -0.2) is 17.2 Å². The van der Waals surface area contributed by atoms with E-state index in [9.17, 15) is 17.2 Å². The van der Waals surface area contributed by atoms with E-state index >= 15 is 0 Å². The van der Waals surface area contributed by atoms with Crippen LogP contribution in [0.5, 0.6) is 11.5 Å². The van der Waals surface area contributed by atoms with Crippen molar-refractivity contribution in [2.45, 2.75) is 30.6 Å². The number of hydrogen-bond donors (Lipinski definition) is 0. The Balaban J connectivity index is 1.79. The Kier molecular flexibility index (Phi) is 5.40. The molecular formula is C21H21F2NO4S. The average Bonchev–Trinajstić information content (AvgIpc) is 3.19. The number of nitrogens with zero attached hydrogens (tertiary/aromatic N) is 1. The summed E-state index contributed by atoms with van der Waals surface area (Å²) in [7, 11) is -1.76. The lowest BCUT2D eigenvalue weighted by atomic mass is 10.0. The van der Waals surface area contributed by atoms with Crippen molar-refractivity contribution in [2.24, 2.45) is 4.99 Å². The Labute approximate surface area is 168 Å². The highest BCUT2D eigenvalue weighted by molar-refractivity contribution is 7.91. The van der Waals surface area contributed by atoms with E-state index in [1.54, 1.807) is 13.2 Å². The van der Waals surface area contributed by atoms with Gasteiger partial charge in [0.25, 0.3) is 0 Å². The van der Waals surface area contributed by atoms with Gasteiger partial charge in [0.05, 0.1) is 10.6 Å². The van der Waals surface area contributed by atoms with Crippen molar-refractivity contribution in [3.63, 3.8) is 0 Å². The molecule has 4 rings (SSSR count). The lowest BCUT2D eigenvalue weighted by molar-refractivity contribution is 0.197. The number of halogens is 2. The van der Waals surface area contributed by atoms with Crippen molar-refractivity contribution >= 4 is 15.5 Å². The van der Waals surface area contributed by atoms with E-state index in [1.807, 2.05) is 0 Å². The Morgan fingerprint density at radius 2 is 1.83 bits per heavy atom. The van der Waals surface area contributed by atoms with E-state index in [4.69, 9.17) is 9.47 Å². The normalized spacial score (nSPS) is 18.1. The average molecular weight is 421 g/mol. The van der Waals surface area contributed by atoms with Gasteiger partial charge in [0.15, 0.2) is 9.84 Å². The molecular weight excluding hydrogens is 400 g/mol. The Morgan fingerprint density at radius 1 is 1.07 bits per heavy atom. The smallest absolute Gasteiger partial charge is 0.179 e. The van der Waals surface area contributed by atoms with Gasteiger partial charge in [-0.1, -0.05) is 0 Å². The zero-order chi connectivity index (χ0) is 20.6. The predicted molar refractivity (Wildman–Crippen MR) is 105 cm³/mol. The number of aliphatic imine (C=N–C) groups is 1. The fraction of sp³-hybridized carbons (Fsp3) is 0.381. The first kappa shape index (κ1) is 20.0. The van der Waals surface area contributed by atoms with Gasteiger partial charge in [-0.15, -0.1) is 0 Å². The van der Waals surface area contributed by atoms with E-state index in [1.165, 1.54) is 0 Å². The van der Waals surface area contributed by atoms with Crippen molar-refractivity contribution in [3.05, 3.63) is 52.6 Å². The van der Waals surface area contributed by atoms with Crippen LogP contribution in [0.25, 0.3) is 0 Å². The molecule has 154 valence electrons. The van der Waals surface area contributed by atoms with Crippen LogP contribution < -0.4 is 4.74 Å². The summed E-state index contributed by atoms with van der Waals surface area (Å²) in [5.41, 5.74) is 2.75. The maximum atomic E-state index is 13.6. The van der Waals surface area contributed by atoms with Gasteiger partial charge in [-0.3, -0.25) is 4.99 Å². The minimum Gasteiger partial charge on any atom is -0.457 e. The van der Waals surface area contributed by atoms with Crippen molar-refractivity contribution in [2.75, 3.05) is 26.0 Å². The largest absolute Gasteiger partial charge is 0.457 e. The molecule has 1 aliphatic carbocycles. The number of hydrogen-bond acceptors (Lipinski definition) is 5. The Bertz CT molecular complexity index is 1080. The molecule has 5 nitrogen and oxygen atoms in total. The number of methoxy groups -OCH3 is 1. The molecule has 0 atom stereocenters. The van der Waals surface area contributed by atoms with Gasteiger partial charge in [-0.05, 0) is 37.3 Å². The number of benzene rings is 2. The third-order valence-corrected chi connectivity index (χ3v) is 6.98. The van der Waals surface area contributed by atoms with Gasteiger partial charge in [0.1, 0.15) is 23.1 Å². The van der Waals surface area contributed by atoms with E-state index in [-0.39, 0.29) is 11.5 Å². The van der Waals surface area contributed by atoms with Crippen molar-refractivity contribution in [1.29, 1.82) is 0 Å². The van der Waals surface area contributed by atoms with Crippen LogP contribution in [-0.4, -0.2) is 40.1 Å². The quantitative estimate of drug-likeness (QED) is 0.665. The fourth-order valence-electron chi connectivity index (χ4n) is 3.93. The molecule has 0 bridgehead atoms. The molecule has 0 amide bonds. The third-order valence-electron chi connectivity index (χ3n) is 5.15. The van der Waals surface area contributed by atoms with Gasteiger partial charge >= 0.3 is 0 Å². The molecule has 29 heavy (non-hydrogen) atoms. The van der Waals surface area contributed by atoms with Crippen LogP contribution in [0.15, 0.2) is 34.2 Å². The van der Waals surface area contributed by atoms with Gasteiger partial charge in [-0.2, -0.15) is 0 Å². The second kappa shape index (κ2) is 7.84. The number of rotatable bonds is 6. The van der Waals surface area contributed by atoms with E-state index in [0.29, 0.717) is 54.2 Å². The summed E-state index contributed by atoms with van der Waals surface area (Å²) in [6.07, 6.45) is 2.29. The second-order valence-corrected chi connectivity index (χ2v) is 9.21. The summed E-state index contributed by atoms with van der Waals surface area (Å²) in [5, 5.41) is 0. The molecule has 2 aromatic rings. The second-order valence-electron chi connectivity index (χ2n) is 7.17. The van der Waals surface area contributed by atoms with Crippen LogP contribution >= 0.6 is 0 Å². The van der Waals surface area contributed by atoms with Gasteiger partial charge in [0, 0.05) is 55.3 Å². The Hall–Kier alpha value is -2.32. The standard InChI is InChI=1S/C21H21F2NO4S/c1-27-7-2-6-24-18-4-3-17-19(28-16-11-14(22)10-15(23)12-16)9-13-5-8-29(25,26)21(13)20(17)18/h9-12H,2-8H2,1H3. The first-order chi connectivity index (χ1) is 13.9. The van der Waals surface area contributed by atoms with Crippen molar-refractivity contribution in [1.82, 2.24) is 0 Å². The van der Waals surface area contributed by atoms with Crippen LogP contribution in [0, 0.1) is 11.6 Å². The van der Waals surface area contributed by atoms with Crippen LogP contribution in [0.2, 0.25) is 0 Å². The van der Waals surface area contributed by atoms with Crippen LogP contribution in [0.1, 0.15) is 29.5 Å². The first-order valence-corrected chi connectivity index (χ1v) is 11.1. The van der Waals surface area contributed by atoms with Gasteiger partial charge < -0.3 is 9.47 Å². The van der Waals surface area contributed by atoms with E-state index in [0.717, 1.165) is 35.9 Å². The highest BCUT2D eigenvalue weighted by atomic mass is 32.2. The minimum absolute atomic E-state index is 0.0380. The molecule has 0 spiro atoms. The molecule has 0 fully saturated rings. The van der Waals surface area contributed by atoms with Crippen LogP contribution in [0.3, 0.4) is 0 Å². The maximum absolute atomic E-state index is 13.6. The summed E-state index contributed by atoms with van der Waals surface area (Å²) in [4.78, 5) is 4.96. The molecule has 1 heterocycles. The summed E-state index contributed by atoms with van der Waals surface area (Å²) < 4.78 is 63.3. The molecule has 0 unspecified atom stereocenters. The van der Waals surface area contributed by atoms with Crippen LogP contribution in [0.4, 0.5) is 8.78 Å². The molecule has 1 aliphatic heterocycles. The topological polar surface area (TPSA) is 65.0 Å². The molecule has 8 heteroatoms. The SMILES string of the molecule is COCCCN=C1CCc2c(Oc3cc(F)cc(F)c3)cc3c(c21)S(=O)(=O)CC3. The molecule has 2 aliphatic rings. The fourth-order valence-corrected chi connectivity index (χ4v) is 5.73. The molecule has 0 saturated heterocycles. The summed E-state index contributed by atoms with van der Waals surface area (Å²) in [5.74, 6) is -0.954. The number of fused-ring (bicyclic) bond motifs is 3. The number of aryl methyl sites for hydroxylation is 1. The predicted octanol–water partition coefficient (Wildman–Crippen LogP) is 3.86. The number of ether oxygens (including phenoxy) is 2. The van der Waals surface area contributed by atoms with Crippen LogP contribution in [-0.2, 0) is 27.4 Å². The monoisotopic (exact) mass is 421 g/mol. The zero-order valence-electron chi connectivity index (χ0n) is 16.0. The zero-order valence-corrected chi connectivity index (χ0v) is 16.8. The lowest BCUT2D eigenvalue weighted by Crippen LogP contribution is -2.08. The minimum atomic E-state index is -3.38. The summed E-state index contributed by atoms with van der Waals surface area (Å²) in [6.45, 7) is 1.12. The molecule has 2 aromatic carbocycles. The van der Waals surface area contributed by atoms with Crippen molar-refractivity contribution < 1.29 is 26.7 Å². The molecule has 0 radical (unpaired) electrons. The third kappa shape index (κ3) is 3.91. The van der Waals surface area contributed by atoms with E-state index < -0.39 is 21.5 Å². The van der Waals surface area contributed by atoms with Gasteiger partial charge in [0.2, 0.25) is 0 Å². The van der Waals surface area contributed by atoms with E-state index in [2.05, 4.69) is 4.99 Å². The highest BCUT2D eigenvalue weighted by Gasteiger charge is 2.37. The summed E-state index contributed by atoms with van der Waals surface area (Å²) in [6, 6.07) is 4.68. The first-order valence-electron chi connectivity index (χ1n) is 9.47. The summed E-state index contributed by atoms with van der Waals surface area (Å²) >= 11 is 0. The lowest BCUT2D eigenvalue weighted by Gasteiger charge is -2.14. The molecule has 0 N–H and O–H groups in total.